The number of esters is 1. The van der Waals surface area contributed by atoms with Gasteiger partial charge in [-0.3, -0.25) is 0 Å². The van der Waals surface area contributed by atoms with Gasteiger partial charge in [-0.05, 0) is 35.8 Å². The molecule has 1 heterocycles. The van der Waals surface area contributed by atoms with Gasteiger partial charge in [-0.1, -0.05) is 42.5 Å². The smallest absolute Gasteiger partial charge is 0.337 e. The molecule has 112 valence electrons. The molecule has 1 aliphatic heterocycles. The minimum absolute atomic E-state index is 0.121. The Kier molecular flexibility index (Phi) is 3.54. The van der Waals surface area contributed by atoms with Crippen LogP contribution in [-0.2, 0) is 15.1 Å². The number of aliphatic hydroxyl groups is 1. The lowest BCUT2D eigenvalue weighted by molar-refractivity contribution is -0.135. The molecule has 2 aromatic rings. The lowest BCUT2D eigenvalue weighted by Crippen LogP contribution is -2.29. The summed E-state index contributed by atoms with van der Waals surface area (Å²) in [6.45, 7) is 1.60. The monoisotopic (exact) mass is 298 g/mol. The van der Waals surface area contributed by atoms with Crippen LogP contribution in [0.15, 0.2) is 60.2 Å². The number of hydrogen-bond donors (Lipinski definition) is 1. The number of ether oxygens (including phenoxy) is 1. The van der Waals surface area contributed by atoms with Gasteiger partial charge in [0.2, 0.25) is 0 Å². The Morgan fingerprint density at radius 3 is 2.41 bits per heavy atom. The van der Waals surface area contributed by atoms with Crippen LogP contribution in [0.1, 0.15) is 18.1 Å². The molecule has 0 radical (unpaired) electrons. The fourth-order valence-electron chi connectivity index (χ4n) is 2.73. The highest BCUT2D eigenvalue weighted by atomic mass is 19.1. The molecular formula is C18H15FO3. The van der Waals surface area contributed by atoms with Gasteiger partial charge in [-0.25, -0.2) is 9.18 Å². The minimum Gasteiger partial charge on any atom is -0.458 e. The Bertz CT molecular complexity index is 735. The number of halogens is 1. The van der Waals surface area contributed by atoms with E-state index in [4.69, 9.17) is 4.74 Å². The SMILES string of the molecule is C/C(=C1\C(=O)OCC1(O)c1ccccc1)c1ccc(F)cc1. The Morgan fingerprint density at radius 2 is 1.77 bits per heavy atom. The van der Waals surface area contributed by atoms with Gasteiger partial charge in [0.1, 0.15) is 12.4 Å². The Morgan fingerprint density at radius 1 is 1.14 bits per heavy atom. The van der Waals surface area contributed by atoms with Gasteiger partial charge < -0.3 is 9.84 Å². The van der Waals surface area contributed by atoms with E-state index < -0.39 is 11.6 Å². The molecule has 0 aliphatic carbocycles. The average molecular weight is 298 g/mol. The Balaban J connectivity index is 2.15. The maximum Gasteiger partial charge on any atom is 0.337 e. The van der Waals surface area contributed by atoms with E-state index in [1.165, 1.54) is 12.1 Å². The molecule has 2 aromatic carbocycles. The zero-order valence-electron chi connectivity index (χ0n) is 12.0. The predicted octanol–water partition coefficient (Wildman–Crippen LogP) is 3.04. The molecule has 0 bridgehead atoms. The Labute approximate surface area is 127 Å². The van der Waals surface area contributed by atoms with E-state index in [2.05, 4.69) is 0 Å². The predicted molar refractivity (Wildman–Crippen MR) is 80.3 cm³/mol. The third-order valence-corrected chi connectivity index (χ3v) is 3.93. The van der Waals surface area contributed by atoms with Gasteiger partial charge in [0.05, 0.1) is 5.57 Å². The van der Waals surface area contributed by atoms with Crippen molar-refractivity contribution in [3.63, 3.8) is 0 Å². The number of benzene rings is 2. The van der Waals surface area contributed by atoms with Crippen molar-refractivity contribution in [2.45, 2.75) is 12.5 Å². The summed E-state index contributed by atoms with van der Waals surface area (Å²) in [7, 11) is 0. The van der Waals surface area contributed by atoms with Crippen molar-refractivity contribution in [2.24, 2.45) is 0 Å². The zero-order valence-corrected chi connectivity index (χ0v) is 12.0. The van der Waals surface area contributed by atoms with E-state index in [0.29, 0.717) is 16.7 Å². The molecule has 1 fully saturated rings. The van der Waals surface area contributed by atoms with E-state index in [0.717, 1.165) is 0 Å². The summed E-state index contributed by atoms with van der Waals surface area (Å²) in [5, 5.41) is 11.0. The van der Waals surface area contributed by atoms with Crippen LogP contribution in [0.3, 0.4) is 0 Å². The first-order chi connectivity index (χ1) is 10.5. The summed E-state index contributed by atoms with van der Waals surface area (Å²) < 4.78 is 18.1. The second-order valence-corrected chi connectivity index (χ2v) is 5.31. The van der Waals surface area contributed by atoms with Gasteiger partial charge in [-0.15, -0.1) is 0 Å². The molecule has 4 heteroatoms. The van der Waals surface area contributed by atoms with Crippen molar-refractivity contribution in [3.8, 4) is 0 Å². The highest BCUT2D eigenvalue weighted by Gasteiger charge is 2.46. The van der Waals surface area contributed by atoms with Crippen LogP contribution in [0.5, 0.6) is 0 Å². The second kappa shape index (κ2) is 5.39. The van der Waals surface area contributed by atoms with E-state index in [1.807, 2.05) is 6.07 Å². The number of rotatable bonds is 2. The number of cyclic esters (lactones) is 1. The maximum absolute atomic E-state index is 13.1. The van der Waals surface area contributed by atoms with Gasteiger partial charge >= 0.3 is 5.97 Å². The average Bonchev–Trinajstić information content (AvgIpc) is 2.85. The summed E-state index contributed by atoms with van der Waals surface area (Å²) in [6.07, 6.45) is 0. The molecule has 1 aliphatic rings. The molecule has 3 nitrogen and oxygen atoms in total. The van der Waals surface area contributed by atoms with Crippen LogP contribution in [0.4, 0.5) is 4.39 Å². The van der Waals surface area contributed by atoms with Crippen LogP contribution < -0.4 is 0 Å². The van der Waals surface area contributed by atoms with Crippen LogP contribution in [-0.4, -0.2) is 17.7 Å². The number of hydrogen-bond acceptors (Lipinski definition) is 3. The summed E-state index contributed by atoms with van der Waals surface area (Å²) in [6, 6.07) is 14.7. The largest absolute Gasteiger partial charge is 0.458 e. The van der Waals surface area contributed by atoms with Crippen LogP contribution >= 0.6 is 0 Å². The number of carbonyl (C=O) groups is 1. The Hall–Kier alpha value is -2.46. The normalized spacial score (nSPS) is 23.3. The van der Waals surface area contributed by atoms with E-state index >= 15 is 0 Å². The van der Waals surface area contributed by atoms with E-state index in [9.17, 15) is 14.3 Å². The van der Waals surface area contributed by atoms with Crippen molar-refractivity contribution in [3.05, 3.63) is 77.1 Å². The lowest BCUT2D eigenvalue weighted by atomic mass is 9.84. The van der Waals surface area contributed by atoms with Crippen molar-refractivity contribution >= 4 is 11.5 Å². The highest BCUT2D eigenvalue weighted by molar-refractivity contribution is 6.01. The van der Waals surface area contributed by atoms with E-state index in [1.54, 1.807) is 43.3 Å². The molecule has 1 saturated heterocycles. The quantitative estimate of drug-likeness (QED) is 0.685. The molecule has 0 saturated carbocycles. The first-order valence-electron chi connectivity index (χ1n) is 6.95. The van der Waals surface area contributed by atoms with Crippen molar-refractivity contribution < 1.29 is 19.0 Å². The first kappa shape index (κ1) is 14.5. The second-order valence-electron chi connectivity index (χ2n) is 5.31. The van der Waals surface area contributed by atoms with Gasteiger partial charge in [-0.2, -0.15) is 0 Å². The zero-order chi connectivity index (χ0) is 15.7. The minimum atomic E-state index is -1.49. The summed E-state index contributed by atoms with van der Waals surface area (Å²) >= 11 is 0. The van der Waals surface area contributed by atoms with Crippen LogP contribution in [0.2, 0.25) is 0 Å². The molecule has 0 aromatic heterocycles. The third-order valence-electron chi connectivity index (χ3n) is 3.93. The number of allylic oxidation sites excluding steroid dienone is 1. The van der Waals surface area contributed by atoms with Crippen molar-refractivity contribution in [1.29, 1.82) is 0 Å². The van der Waals surface area contributed by atoms with Gasteiger partial charge in [0, 0.05) is 0 Å². The fourth-order valence-corrected chi connectivity index (χ4v) is 2.73. The molecule has 1 N–H and O–H groups in total. The molecular weight excluding hydrogens is 283 g/mol. The molecule has 1 unspecified atom stereocenters. The molecule has 0 amide bonds. The standard InChI is InChI=1S/C18H15FO3/c1-12(13-7-9-15(19)10-8-13)16-17(20)22-11-18(16,21)14-5-3-2-4-6-14/h2-10,21H,11H2,1H3/b16-12-. The topological polar surface area (TPSA) is 46.5 Å². The number of carbonyl (C=O) groups excluding carboxylic acids is 1. The third kappa shape index (κ3) is 2.31. The fraction of sp³-hybridized carbons (Fsp3) is 0.167. The highest BCUT2D eigenvalue weighted by Crippen LogP contribution is 2.40. The van der Waals surface area contributed by atoms with Gasteiger partial charge in [0.15, 0.2) is 5.60 Å². The van der Waals surface area contributed by atoms with Crippen LogP contribution in [0.25, 0.3) is 5.57 Å². The maximum atomic E-state index is 13.1. The molecule has 22 heavy (non-hydrogen) atoms. The van der Waals surface area contributed by atoms with Crippen molar-refractivity contribution in [2.75, 3.05) is 6.61 Å². The molecule has 0 spiro atoms. The van der Waals surface area contributed by atoms with Crippen molar-refractivity contribution in [1.82, 2.24) is 0 Å². The van der Waals surface area contributed by atoms with Crippen LogP contribution in [0, 0.1) is 5.82 Å². The summed E-state index contributed by atoms with van der Waals surface area (Å²) in [4.78, 5) is 12.1. The summed E-state index contributed by atoms with van der Waals surface area (Å²) in [5.41, 5.74) is 0.553. The summed E-state index contributed by atoms with van der Waals surface area (Å²) in [5.74, 6) is -0.901. The first-order valence-corrected chi connectivity index (χ1v) is 6.95. The molecule has 3 rings (SSSR count). The molecule has 1 atom stereocenters. The van der Waals surface area contributed by atoms with E-state index in [-0.39, 0.29) is 18.0 Å². The van der Waals surface area contributed by atoms with Gasteiger partial charge in [0.25, 0.3) is 0 Å². The lowest BCUT2D eigenvalue weighted by Gasteiger charge is -2.23.